The molecule has 6 nitrogen and oxygen atoms in total. The fraction of sp³-hybridized carbons (Fsp3) is 0.250. The molecule has 140 valence electrons. The maximum Gasteiger partial charge on any atom is 0.259 e. The van der Waals surface area contributed by atoms with Crippen molar-refractivity contribution in [1.82, 2.24) is 14.8 Å². The number of rotatable bonds is 6. The van der Waals surface area contributed by atoms with Gasteiger partial charge in [-0.05, 0) is 35.7 Å². The van der Waals surface area contributed by atoms with Crippen molar-refractivity contribution >= 4 is 22.4 Å². The number of carbonyl (C=O) groups is 1. The van der Waals surface area contributed by atoms with Crippen LogP contribution in [0.5, 0.6) is 0 Å². The van der Waals surface area contributed by atoms with Crippen LogP contribution in [-0.4, -0.2) is 31.1 Å². The molecule has 1 aromatic carbocycles. The number of anilines is 1. The van der Waals surface area contributed by atoms with Crippen LogP contribution >= 0.6 is 0 Å². The van der Waals surface area contributed by atoms with Gasteiger partial charge in [0.2, 0.25) is 0 Å². The zero-order valence-electron chi connectivity index (χ0n) is 15.5. The highest BCUT2D eigenvalue weighted by Gasteiger charge is 2.21. The van der Waals surface area contributed by atoms with Gasteiger partial charge in [-0.15, -0.1) is 0 Å². The number of nitrogens with zero attached hydrogens (tertiary/aromatic N) is 3. The first-order chi connectivity index (χ1) is 13.0. The molecule has 0 radical (unpaired) electrons. The molecule has 1 atom stereocenters. The summed E-state index contributed by atoms with van der Waals surface area (Å²) in [5.74, 6) is 0.992. The Bertz CT molecular complexity index is 967. The van der Waals surface area contributed by atoms with Crippen molar-refractivity contribution in [2.75, 3.05) is 11.6 Å². The number of amides is 1. The third-order valence-corrected chi connectivity index (χ3v) is 4.76. The summed E-state index contributed by atoms with van der Waals surface area (Å²) in [5.41, 5.74) is 2.90. The fourth-order valence-corrected chi connectivity index (χ4v) is 3.57. The Morgan fingerprint density at radius 3 is 2.70 bits per heavy atom. The van der Waals surface area contributed by atoms with Crippen LogP contribution in [0, 0.1) is 0 Å². The lowest BCUT2D eigenvalue weighted by molar-refractivity contribution is 0.102. The average molecular weight is 382 g/mol. The van der Waals surface area contributed by atoms with Crippen LogP contribution in [0.2, 0.25) is 0 Å². The summed E-state index contributed by atoms with van der Waals surface area (Å²) in [5, 5.41) is 7.30. The van der Waals surface area contributed by atoms with Crippen molar-refractivity contribution in [2.24, 2.45) is 0 Å². The average Bonchev–Trinajstić information content (AvgIpc) is 3.08. The highest BCUT2D eigenvalue weighted by Crippen LogP contribution is 2.23. The van der Waals surface area contributed by atoms with Crippen molar-refractivity contribution in [1.29, 1.82) is 0 Å². The molecule has 0 unspecified atom stereocenters. The smallest absolute Gasteiger partial charge is 0.259 e. The molecule has 0 saturated carbocycles. The highest BCUT2D eigenvalue weighted by atomic mass is 32.2. The maximum absolute atomic E-state index is 12.9. The van der Waals surface area contributed by atoms with Crippen molar-refractivity contribution in [2.45, 2.75) is 25.5 Å². The van der Waals surface area contributed by atoms with Crippen LogP contribution in [0.15, 0.2) is 54.9 Å². The third-order valence-electron chi connectivity index (χ3n) is 4.02. The lowest BCUT2D eigenvalue weighted by atomic mass is 10.1. The van der Waals surface area contributed by atoms with Gasteiger partial charge < -0.3 is 5.32 Å². The van der Waals surface area contributed by atoms with E-state index in [1.165, 1.54) is 0 Å². The first-order valence-corrected chi connectivity index (χ1v) is 10.4. The molecule has 2 heterocycles. The Morgan fingerprint density at radius 1 is 1.22 bits per heavy atom. The van der Waals surface area contributed by atoms with Gasteiger partial charge in [0.05, 0.1) is 17.5 Å². The zero-order valence-corrected chi connectivity index (χ0v) is 16.4. The molecule has 0 bridgehead atoms. The first-order valence-electron chi connectivity index (χ1n) is 8.65. The van der Waals surface area contributed by atoms with E-state index < -0.39 is 10.8 Å². The van der Waals surface area contributed by atoms with Gasteiger partial charge in [0, 0.05) is 34.7 Å². The normalized spacial score (nSPS) is 12.1. The van der Waals surface area contributed by atoms with E-state index >= 15 is 0 Å². The number of hydrogen-bond donors (Lipinski definition) is 1. The zero-order chi connectivity index (χ0) is 19.4. The Labute approximate surface area is 161 Å². The second kappa shape index (κ2) is 8.26. The molecule has 7 heteroatoms. The van der Waals surface area contributed by atoms with E-state index in [1.807, 2.05) is 56.3 Å². The predicted molar refractivity (Wildman–Crippen MR) is 108 cm³/mol. The molecule has 0 aliphatic heterocycles. The van der Waals surface area contributed by atoms with Gasteiger partial charge in [-0.2, -0.15) is 5.10 Å². The summed E-state index contributed by atoms with van der Waals surface area (Å²) in [4.78, 5) is 17.2. The number of nitrogens with one attached hydrogen (secondary N) is 1. The molecule has 0 spiro atoms. The van der Waals surface area contributed by atoms with E-state index in [-0.39, 0.29) is 11.8 Å². The van der Waals surface area contributed by atoms with Gasteiger partial charge in [-0.25, -0.2) is 9.67 Å². The van der Waals surface area contributed by atoms with Crippen molar-refractivity contribution in [3.05, 3.63) is 71.7 Å². The molecule has 2 aromatic heterocycles. The largest absolute Gasteiger partial charge is 0.322 e. The molecular formula is C20H22N4O2S. The van der Waals surface area contributed by atoms with Crippen LogP contribution in [0.1, 0.15) is 41.4 Å². The molecule has 1 amide bonds. The number of benzene rings is 1. The molecule has 0 aliphatic rings. The molecule has 0 saturated heterocycles. The molecular weight excluding hydrogens is 360 g/mol. The number of carbonyl (C=O) groups excluding carboxylic acids is 1. The van der Waals surface area contributed by atoms with Crippen LogP contribution < -0.4 is 5.32 Å². The minimum absolute atomic E-state index is 0.0871. The maximum atomic E-state index is 12.9. The minimum Gasteiger partial charge on any atom is -0.322 e. The highest BCUT2D eigenvalue weighted by molar-refractivity contribution is 7.83. The molecule has 0 aliphatic carbocycles. The summed E-state index contributed by atoms with van der Waals surface area (Å²) in [7, 11) is -0.934. The topological polar surface area (TPSA) is 76.9 Å². The fourth-order valence-electron chi connectivity index (χ4n) is 2.92. The lowest BCUT2D eigenvalue weighted by Crippen LogP contribution is -2.16. The second-order valence-corrected chi connectivity index (χ2v) is 8.01. The minimum atomic E-state index is -0.934. The van der Waals surface area contributed by atoms with E-state index in [2.05, 4.69) is 15.4 Å². The monoisotopic (exact) mass is 382 g/mol. The molecule has 3 rings (SSSR count). The van der Waals surface area contributed by atoms with Crippen molar-refractivity contribution < 1.29 is 9.00 Å². The summed E-state index contributed by atoms with van der Waals surface area (Å²) in [6.45, 7) is 4.04. The molecule has 3 aromatic rings. The second-order valence-electron chi connectivity index (χ2n) is 6.57. The first kappa shape index (κ1) is 19.0. The van der Waals surface area contributed by atoms with E-state index in [9.17, 15) is 9.00 Å². The van der Waals surface area contributed by atoms with Crippen LogP contribution in [0.3, 0.4) is 0 Å². The van der Waals surface area contributed by atoms with E-state index in [1.54, 1.807) is 23.3 Å². The van der Waals surface area contributed by atoms with Crippen molar-refractivity contribution in [3.8, 4) is 5.82 Å². The van der Waals surface area contributed by atoms with Gasteiger partial charge in [-0.1, -0.05) is 32.0 Å². The van der Waals surface area contributed by atoms with E-state index in [0.29, 0.717) is 22.8 Å². The number of aromatic nitrogens is 3. The van der Waals surface area contributed by atoms with Gasteiger partial charge in [0.25, 0.3) is 5.91 Å². The quantitative estimate of drug-likeness (QED) is 0.708. The summed E-state index contributed by atoms with van der Waals surface area (Å²) < 4.78 is 13.1. The van der Waals surface area contributed by atoms with Crippen LogP contribution in [0.25, 0.3) is 5.82 Å². The number of pyridine rings is 1. The molecule has 0 fully saturated rings. The molecule has 1 N–H and O–H groups in total. The predicted octanol–water partition coefficient (Wildman–Crippen LogP) is 3.52. The van der Waals surface area contributed by atoms with Crippen LogP contribution in [-0.2, 0) is 16.6 Å². The Balaban J connectivity index is 1.89. The molecule has 27 heavy (non-hydrogen) atoms. The van der Waals surface area contributed by atoms with Gasteiger partial charge in [0.1, 0.15) is 0 Å². The Kier molecular flexibility index (Phi) is 5.81. The third kappa shape index (κ3) is 4.49. The van der Waals surface area contributed by atoms with Crippen molar-refractivity contribution in [3.63, 3.8) is 0 Å². The standard InChI is InChI=1S/C20H22N4O2S/c1-14(2)19-17(12-22-24(19)18-9-4-5-10-21-18)20(25)23-16-8-6-7-15(11-16)13-27(3)26/h4-12,14H,13H2,1-3H3,(H,23,25)/t27-/m0/s1. The SMILES string of the molecule is CC(C)c1c(C(=O)Nc2cccc(C[S@](C)=O)c2)cnn1-c1ccccn1. The van der Waals surface area contributed by atoms with Gasteiger partial charge in [-0.3, -0.25) is 9.00 Å². The Hall–Kier alpha value is -2.80. The van der Waals surface area contributed by atoms with Gasteiger partial charge >= 0.3 is 0 Å². The van der Waals surface area contributed by atoms with E-state index in [4.69, 9.17) is 0 Å². The van der Waals surface area contributed by atoms with Gasteiger partial charge in [0.15, 0.2) is 5.82 Å². The summed E-state index contributed by atoms with van der Waals surface area (Å²) in [6.07, 6.45) is 4.93. The van der Waals surface area contributed by atoms with E-state index in [0.717, 1.165) is 11.3 Å². The summed E-state index contributed by atoms with van der Waals surface area (Å²) in [6, 6.07) is 13.0. The number of hydrogen-bond acceptors (Lipinski definition) is 4. The summed E-state index contributed by atoms with van der Waals surface area (Å²) >= 11 is 0. The van der Waals surface area contributed by atoms with Crippen LogP contribution in [0.4, 0.5) is 5.69 Å². The Morgan fingerprint density at radius 2 is 2.04 bits per heavy atom. The lowest BCUT2D eigenvalue weighted by Gasteiger charge is -2.12.